The van der Waals surface area contributed by atoms with Crippen LogP contribution in [-0.2, 0) is 9.53 Å². The van der Waals surface area contributed by atoms with Crippen LogP contribution in [0.5, 0.6) is 0 Å². The van der Waals surface area contributed by atoms with E-state index in [1.807, 2.05) is 6.07 Å². The van der Waals surface area contributed by atoms with E-state index < -0.39 is 31.3 Å². The molecular weight excluding hydrogens is 261 g/mol. The van der Waals surface area contributed by atoms with Gasteiger partial charge >= 0.3 is 6.18 Å². The zero-order valence-electron chi connectivity index (χ0n) is 10.1. The smallest absolute Gasteiger partial charge is 0.362 e. The standard InChI is InChI=1S/C12H15F3N2O2/c13-12(14,15)8-19-7-11(18)17-10(6-16)9-4-2-1-3-5-9/h1-5,10H,6-8,16H2,(H,17,18). The fourth-order valence-corrected chi connectivity index (χ4v) is 1.46. The summed E-state index contributed by atoms with van der Waals surface area (Å²) in [5, 5.41) is 2.51. The van der Waals surface area contributed by atoms with E-state index in [1.54, 1.807) is 24.3 Å². The second-order valence-electron chi connectivity index (χ2n) is 3.87. The van der Waals surface area contributed by atoms with Gasteiger partial charge in [0.25, 0.3) is 0 Å². The van der Waals surface area contributed by atoms with E-state index in [2.05, 4.69) is 10.1 Å². The molecule has 0 aromatic heterocycles. The number of carbonyl (C=O) groups excluding carboxylic acids is 1. The molecule has 1 amide bonds. The Labute approximate surface area is 108 Å². The molecule has 0 bridgehead atoms. The highest BCUT2D eigenvalue weighted by Crippen LogP contribution is 2.14. The van der Waals surface area contributed by atoms with Crippen LogP contribution in [-0.4, -0.2) is 31.8 Å². The van der Waals surface area contributed by atoms with E-state index in [0.29, 0.717) is 0 Å². The van der Waals surface area contributed by atoms with Crippen LogP contribution in [0.4, 0.5) is 13.2 Å². The number of hydrogen-bond acceptors (Lipinski definition) is 3. The first-order valence-electron chi connectivity index (χ1n) is 5.61. The Bertz CT molecular complexity index is 396. The molecule has 1 aromatic rings. The van der Waals surface area contributed by atoms with Crippen LogP contribution in [0.15, 0.2) is 30.3 Å². The monoisotopic (exact) mass is 276 g/mol. The predicted molar refractivity (Wildman–Crippen MR) is 63.3 cm³/mol. The number of alkyl halides is 3. The third-order valence-corrected chi connectivity index (χ3v) is 2.27. The molecule has 0 saturated carbocycles. The van der Waals surface area contributed by atoms with Gasteiger partial charge in [-0.2, -0.15) is 13.2 Å². The molecule has 0 fully saturated rings. The molecule has 0 spiro atoms. The molecule has 106 valence electrons. The van der Waals surface area contributed by atoms with Gasteiger partial charge in [-0.25, -0.2) is 0 Å². The fraction of sp³-hybridized carbons (Fsp3) is 0.417. The van der Waals surface area contributed by atoms with Gasteiger partial charge < -0.3 is 15.8 Å². The molecule has 0 aliphatic rings. The highest BCUT2D eigenvalue weighted by atomic mass is 19.4. The van der Waals surface area contributed by atoms with Crippen LogP contribution in [0, 0.1) is 0 Å². The molecule has 19 heavy (non-hydrogen) atoms. The highest BCUT2D eigenvalue weighted by Gasteiger charge is 2.27. The summed E-state index contributed by atoms with van der Waals surface area (Å²) >= 11 is 0. The minimum absolute atomic E-state index is 0.148. The van der Waals surface area contributed by atoms with Gasteiger partial charge in [0.15, 0.2) is 0 Å². The quantitative estimate of drug-likeness (QED) is 0.825. The maximum Gasteiger partial charge on any atom is 0.411 e. The number of hydrogen-bond donors (Lipinski definition) is 2. The number of halogens is 3. The fourth-order valence-electron chi connectivity index (χ4n) is 1.46. The molecular formula is C12H15F3N2O2. The Balaban J connectivity index is 2.42. The summed E-state index contributed by atoms with van der Waals surface area (Å²) in [5.74, 6) is -0.636. The van der Waals surface area contributed by atoms with Gasteiger partial charge in [-0.3, -0.25) is 4.79 Å². The maximum absolute atomic E-state index is 11.8. The predicted octanol–water partition coefficient (Wildman–Crippen LogP) is 1.38. The zero-order valence-corrected chi connectivity index (χ0v) is 10.1. The highest BCUT2D eigenvalue weighted by molar-refractivity contribution is 5.77. The number of rotatable bonds is 6. The molecule has 1 rings (SSSR count). The van der Waals surface area contributed by atoms with Gasteiger partial charge in [0.1, 0.15) is 13.2 Å². The minimum atomic E-state index is -4.44. The first-order chi connectivity index (χ1) is 8.92. The van der Waals surface area contributed by atoms with Crippen molar-refractivity contribution in [2.24, 2.45) is 5.73 Å². The summed E-state index contributed by atoms with van der Waals surface area (Å²) in [7, 11) is 0. The van der Waals surface area contributed by atoms with E-state index in [0.717, 1.165) is 5.56 Å². The first kappa shape index (κ1) is 15.5. The number of carbonyl (C=O) groups is 1. The van der Waals surface area contributed by atoms with E-state index in [1.165, 1.54) is 0 Å². The molecule has 4 nitrogen and oxygen atoms in total. The van der Waals surface area contributed by atoms with Gasteiger partial charge in [0, 0.05) is 6.54 Å². The summed E-state index contributed by atoms with van der Waals surface area (Å²) < 4.78 is 39.7. The van der Waals surface area contributed by atoms with Crippen molar-refractivity contribution in [3.05, 3.63) is 35.9 Å². The lowest BCUT2D eigenvalue weighted by Crippen LogP contribution is -2.36. The third-order valence-electron chi connectivity index (χ3n) is 2.27. The number of ether oxygens (including phenoxy) is 1. The van der Waals surface area contributed by atoms with Crippen molar-refractivity contribution in [2.45, 2.75) is 12.2 Å². The number of nitrogens with two attached hydrogens (primary N) is 1. The topological polar surface area (TPSA) is 64.3 Å². The number of nitrogens with one attached hydrogen (secondary N) is 1. The summed E-state index contributed by atoms with van der Waals surface area (Å²) in [6.07, 6.45) is -4.44. The molecule has 7 heteroatoms. The summed E-state index contributed by atoms with van der Waals surface area (Å²) in [6.45, 7) is -1.95. The maximum atomic E-state index is 11.8. The van der Waals surface area contributed by atoms with Gasteiger partial charge in [-0.1, -0.05) is 30.3 Å². The van der Waals surface area contributed by atoms with Crippen LogP contribution in [0.2, 0.25) is 0 Å². The summed E-state index contributed by atoms with van der Waals surface area (Å²) in [4.78, 5) is 11.4. The first-order valence-corrected chi connectivity index (χ1v) is 5.61. The van der Waals surface area contributed by atoms with Gasteiger partial charge in [0.05, 0.1) is 6.04 Å². The summed E-state index contributed by atoms with van der Waals surface area (Å²) in [5.41, 5.74) is 6.30. The van der Waals surface area contributed by atoms with Crippen LogP contribution < -0.4 is 11.1 Å². The molecule has 0 heterocycles. The van der Waals surface area contributed by atoms with Crippen molar-refractivity contribution >= 4 is 5.91 Å². The van der Waals surface area contributed by atoms with Crippen molar-refractivity contribution in [1.29, 1.82) is 0 Å². The van der Waals surface area contributed by atoms with Gasteiger partial charge in [0.2, 0.25) is 5.91 Å². The lowest BCUT2D eigenvalue weighted by molar-refractivity contribution is -0.175. The van der Waals surface area contributed by atoms with Crippen LogP contribution in [0.3, 0.4) is 0 Å². The second kappa shape index (κ2) is 7.10. The SMILES string of the molecule is NCC(NC(=O)COCC(F)(F)F)c1ccccc1. The van der Waals surface area contributed by atoms with Gasteiger partial charge in [-0.15, -0.1) is 0 Å². The Morgan fingerprint density at radius 3 is 2.47 bits per heavy atom. The summed E-state index contributed by atoms with van der Waals surface area (Å²) in [6, 6.07) is 8.48. The molecule has 1 atom stereocenters. The van der Waals surface area contributed by atoms with Crippen molar-refractivity contribution in [1.82, 2.24) is 5.32 Å². The van der Waals surface area contributed by atoms with Crippen LogP contribution >= 0.6 is 0 Å². The normalized spacial score (nSPS) is 13.1. The van der Waals surface area contributed by atoms with Crippen LogP contribution in [0.1, 0.15) is 11.6 Å². The van der Waals surface area contributed by atoms with Crippen molar-refractivity contribution in [3.63, 3.8) is 0 Å². The molecule has 1 unspecified atom stereocenters. The zero-order chi connectivity index (χ0) is 14.3. The molecule has 0 saturated heterocycles. The lowest BCUT2D eigenvalue weighted by atomic mass is 10.1. The second-order valence-corrected chi connectivity index (χ2v) is 3.87. The minimum Gasteiger partial charge on any atom is -0.362 e. The Hall–Kier alpha value is -1.60. The third kappa shape index (κ3) is 6.21. The molecule has 1 aromatic carbocycles. The van der Waals surface area contributed by atoms with Gasteiger partial charge in [-0.05, 0) is 5.56 Å². The Morgan fingerprint density at radius 2 is 1.95 bits per heavy atom. The molecule has 0 radical (unpaired) electrons. The molecule has 0 aliphatic carbocycles. The average Bonchev–Trinajstić information content (AvgIpc) is 2.35. The lowest BCUT2D eigenvalue weighted by Gasteiger charge is -2.17. The number of benzene rings is 1. The Morgan fingerprint density at radius 1 is 1.32 bits per heavy atom. The largest absolute Gasteiger partial charge is 0.411 e. The molecule has 0 aliphatic heterocycles. The average molecular weight is 276 g/mol. The van der Waals surface area contributed by atoms with Crippen molar-refractivity contribution in [2.75, 3.05) is 19.8 Å². The van der Waals surface area contributed by atoms with E-state index in [9.17, 15) is 18.0 Å². The van der Waals surface area contributed by atoms with Crippen molar-refractivity contribution in [3.8, 4) is 0 Å². The van der Waals surface area contributed by atoms with E-state index in [-0.39, 0.29) is 6.54 Å². The Kier molecular flexibility index (Phi) is 5.78. The number of amides is 1. The van der Waals surface area contributed by atoms with E-state index >= 15 is 0 Å². The van der Waals surface area contributed by atoms with Crippen molar-refractivity contribution < 1.29 is 22.7 Å². The molecule has 3 N–H and O–H groups in total. The van der Waals surface area contributed by atoms with E-state index in [4.69, 9.17) is 5.73 Å². The van der Waals surface area contributed by atoms with Crippen LogP contribution in [0.25, 0.3) is 0 Å².